The van der Waals surface area contributed by atoms with Crippen molar-refractivity contribution in [1.29, 1.82) is 0 Å². The molecule has 0 bridgehead atoms. The summed E-state index contributed by atoms with van der Waals surface area (Å²) in [6.07, 6.45) is 5.02. The van der Waals surface area contributed by atoms with Gasteiger partial charge in [-0.05, 0) is 42.9 Å². The second kappa shape index (κ2) is 5.64. The standard InChI is InChI=1S/C16H24N2O/c1-12(13-6-5-7-14(17)10-13)15(19)18-11-16(2)8-3-4-9-16/h5-7,10,12H,3-4,8-9,11,17H2,1-2H3,(H,18,19). The summed E-state index contributed by atoms with van der Waals surface area (Å²) in [5, 5.41) is 3.10. The van der Waals surface area contributed by atoms with Crippen LogP contribution in [0.4, 0.5) is 5.69 Å². The lowest BCUT2D eigenvalue weighted by atomic mass is 9.88. The van der Waals surface area contributed by atoms with E-state index in [-0.39, 0.29) is 11.8 Å². The third-order valence-corrected chi connectivity index (χ3v) is 4.30. The summed E-state index contributed by atoms with van der Waals surface area (Å²) in [5.74, 6) is -0.0489. The van der Waals surface area contributed by atoms with Crippen molar-refractivity contribution >= 4 is 11.6 Å². The molecule has 1 aromatic carbocycles. The summed E-state index contributed by atoms with van der Waals surface area (Å²) in [5.41, 5.74) is 7.74. The van der Waals surface area contributed by atoms with Gasteiger partial charge in [-0.2, -0.15) is 0 Å². The maximum absolute atomic E-state index is 12.2. The smallest absolute Gasteiger partial charge is 0.227 e. The first-order valence-corrected chi connectivity index (χ1v) is 7.13. The number of amides is 1. The Morgan fingerprint density at radius 1 is 1.42 bits per heavy atom. The van der Waals surface area contributed by atoms with Gasteiger partial charge >= 0.3 is 0 Å². The lowest BCUT2D eigenvalue weighted by molar-refractivity contribution is -0.122. The minimum Gasteiger partial charge on any atom is -0.399 e. The Hall–Kier alpha value is -1.51. The number of anilines is 1. The van der Waals surface area contributed by atoms with Crippen LogP contribution in [0, 0.1) is 5.41 Å². The molecule has 1 aliphatic carbocycles. The van der Waals surface area contributed by atoms with Crippen LogP contribution in [-0.4, -0.2) is 12.5 Å². The van der Waals surface area contributed by atoms with Gasteiger partial charge in [0.25, 0.3) is 0 Å². The Morgan fingerprint density at radius 2 is 2.11 bits per heavy atom. The highest BCUT2D eigenvalue weighted by Gasteiger charge is 2.29. The first kappa shape index (κ1) is 13.9. The second-order valence-electron chi connectivity index (χ2n) is 6.13. The Balaban J connectivity index is 1.92. The van der Waals surface area contributed by atoms with Crippen LogP contribution in [0.3, 0.4) is 0 Å². The predicted molar refractivity (Wildman–Crippen MR) is 78.9 cm³/mol. The van der Waals surface area contributed by atoms with Gasteiger partial charge in [0.1, 0.15) is 0 Å². The molecule has 104 valence electrons. The molecule has 1 atom stereocenters. The van der Waals surface area contributed by atoms with E-state index in [2.05, 4.69) is 12.2 Å². The Labute approximate surface area is 115 Å². The molecule has 1 aromatic rings. The van der Waals surface area contributed by atoms with E-state index in [1.807, 2.05) is 31.2 Å². The zero-order valence-corrected chi connectivity index (χ0v) is 11.9. The monoisotopic (exact) mass is 260 g/mol. The van der Waals surface area contributed by atoms with E-state index < -0.39 is 0 Å². The van der Waals surface area contributed by atoms with Crippen LogP contribution in [0.25, 0.3) is 0 Å². The van der Waals surface area contributed by atoms with Crippen molar-refractivity contribution in [2.75, 3.05) is 12.3 Å². The second-order valence-corrected chi connectivity index (χ2v) is 6.13. The lowest BCUT2D eigenvalue weighted by Crippen LogP contribution is -2.36. The number of nitrogens with two attached hydrogens (primary N) is 1. The molecule has 3 heteroatoms. The van der Waals surface area contributed by atoms with E-state index in [1.165, 1.54) is 25.7 Å². The fraction of sp³-hybridized carbons (Fsp3) is 0.562. The Bertz CT molecular complexity index is 450. The summed E-state index contributed by atoms with van der Waals surface area (Å²) in [7, 11) is 0. The fourth-order valence-electron chi connectivity index (χ4n) is 2.84. The maximum Gasteiger partial charge on any atom is 0.227 e. The molecule has 0 aliphatic heterocycles. The molecule has 1 fully saturated rings. The molecule has 1 saturated carbocycles. The molecule has 3 N–H and O–H groups in total. The molecule has 0 aromatic heterocycles. The van der Waals surface area contributed by atoms with Gasteiger partial charge in [0.15, 0.2) is 0 Å². The third kappa shape index (κ3) is 3.49. The third-order valence-electron chi connectivity index (χ3n) is 4.30. The first-order chi connectivity index (χ1) is 9.00. The van der Waals surface area contributed by atoms with Gasteiger partial charge in [-0.15, -0.1) is 0 Å². The molecule has 1 amide bonds. The zero-order chi connectivity index (χ0) is 13.9. The average Bonchev–Trinajstić information content (AvgIpc) is 2.82. The minimum atomic E-state index is -0.145. The van der Waals surface area contributed by atoms with Crippen molar-refractivity contribution in [2.45, 2.75) is 45.4 Å². The van der Waals surface area contributed by atoms with Gasteiger partial charge in [0.2, 0.25) is 5.91 Å². The highest BCUT2D eigenvalue weighted by molar-refractivity contribution is 5.83. The van der Waals surface area contributed by atoms with Gasteiger partial charge in [0.05, 0.1) is 5.92 Å². The molecule has 3 nitrogen and oxygen atoms in total. The topological polar surface area (TPSA) is 55.1 Å². The normalized spacial score (nSPS) is 19.1. The average molecular weight is 260 g/mol. The molecular formula is C16H24N2O. The van der Waals surface area contributed by atoms with Crippen molar-refractivity contribution in [3.05, 3.63) is 29.8 Å². The van der Waals surface area contributed by atoms with E-state index in [9.17, 15) is 4.79 Å². The van der Waals surface area contributed by atoms with Crippen molar-refractivity contribution in [3.63, 3.8) is 0 Å². The maximum atomic E-state index is 12.2. The summed E-state index contributed by atoms with van der Waals surface area (Å²) in [6.45, 7) is 4.99. The molecule has 0 spiro atoms. The molecule has 0 radical (unpaired) electrons. The van der Waals surface area contributed by atoms with Gasteiger partial charge in [-0.1, -0.05) is 31.9 Å². The van der Waals surface area contributed by atoms with Gasteiger partial charge in [0, 0.05) is 12.2 Å². The van der Waals surface area contributed by atoms with Crippen LogP contribution < -0.4 is 11.1 Å². The molecule has 19 heavy (non-hydrogen) atoms. The van der Waals surface area contributed by atoms with Gasteiger partial charge in [-0.3, -0.25) is 4.79 Å². The van der Waals surface area contributed by atoms with E-state index >= 15 is 0 Å². The SMILES string of the molecule is CC(C(=O)NCC1(C)CCCC1)c1cccc(N)c1. The first-order valence-electron chi connectivity index (χ1n) is 7.13. The molecule has 0 saturated heterocycles. The Kier molecular flexibility index (Phi) is 4.13. The van der Waals surface area contributed by atoms with Crippen molar-refractivity contribution < 1.29 is 4.79 Å². The minimum absolute atomic E-state index is 0.0960. The van der Waals surface area contributed by atoms with Crippen LogP contribution in [0.2, 0.25) is 0 Å². The van der Waals surface area contributed by atoms with Crippen LogP contribution in [-0.2, 0) is 4.79 Å². The summed E-state index contributed by atoms with van der Waals surface area (Å²) in [6, 6.07) is 7.57. The Morgan fingerprint density at radius 3 is 2.74 bits per heavy atom. The highest BCUT2D eigenvalue weighted by atomic mass is 16.1. The van der Waals surface area contributed by atoms with E-state index in [4.69, 9.17) is 5.73 Å². The number of carbonyl (C=O) groups is 1. The highest BCUT2D eigenvalue weighted by Crippen LogP contribution is 2.36. The van der Waals surface area contributed by atoms with Crippen molar-refractivity contribution in [3.8, 4) is 0 Å². The number of benzene rings is 1. The van der Waals surface area contributed by atoms with Gasteiger partial charge < -0.3 is 11.1 Å². The molecule has 0 heterocycles. The lowest BCUT2D eigenvalue weighted by Gasteiger charge is -2.25. The van der Waals surface area contributed by atoms with E-state index in [0.717, 1.165) is 12.1 Å². The predicted octanol–water partition coefficient (Wildman–Crippen LogP) is 3.07. The zero-order valence-electron chi connectivity index (χ0n) is 11.9. The number of nitrogens with one attached hydrogen (secondary N) is 1. The van der Waals surface area contributed by atoms with Crippen LogP contribution in [0.1, 0.15) is 51.0 Å². The molecular weight excluding hydrogens is 236 g/mol. The number of carbonyl (C=O) groups excluding carboxylic acids is 1. The number of nitrogen functional groups attached to an aromatic ring is 1. The summed E-state index contributed by atoms with van der Waals surface area (Å²) >= 11 is 0. The largest absolute Gasteiger partial charge is 0.399 e. The number of hydrogen-bond donors (Lipinski definition) is 2. The number of rotatable bonds is 4. The van der Waals surface area contributed by atoms with Crippen molar-refractivity contribution in [1.82, 2.24) is 5.32 Å². The van der Waals surface area contributed by atoms with Crippen molar-refractivity contribution in [2.24, 2.45) is 5.41 Å². The van der Waals surface area contributed by atoms with E-state index in [1.54, 1.807) is 0 Å². The fourth-order valence-corrected chi connectivity index (χ4v) is 2.84. The summed E-state index contributed by atoms with van der Waals surface area (Å²) in [4.78, 5) is 12.2. The molecule has 1 aliphatic rings. The molecule has 2 rings (SSSR count). The van der Waals surface area contributed by atoms with Gasteiger partial charge in [-0.25, -0.2) is 0 Å². The van der Waals surface area contributed by atoms with Crippen LogP contribution in [0.5, 0.6) is 0 Å². The molecule has 1 unspecified atom stereocenters. The van der Waals surface area contributed by atoms with Crippen LogP contribution in [0.15, 0.2) is 24.3 Å². The van der Waals surface area contributed by atoms with E-state index in [0.29, 0.717) is 11.1 Å². The quantitative estimate of drug-likeness (QED) is 0.817. The summed E-state index contributed by atoms with van der Waals surface area (Å²) < 4.78 is 0. The van der Waals surface area contributed by atoms with Crippen LogP contribution >= 0.6 is 0 Å². The number of hydrogen-bond acceptors (Lipinski definition) is 2.